The van der Waals surface area contributed by atoms with Crippen molar-refractivity contribution in [1.29, 1.82) is 0 Å². The fourth-order valence-corrected chi connectivity index (χ4v) is 3.33. The summed E-state index contributed by atoms with van der Waals surface area (Å²) in [6, 6.07) is 17.8. The van der Waals surface area contributed by atoms with Crippen molar-refractivity contribution < 1.29 is 8.42 Å². The van der Waals surface area contributed by atoms with E-state index >= 15 is 0 Å². The van der Waals surface area contributed by atoms with Gasteiger partial charge in [-0.2, -0.15) is 9.82 Å². The number of rotatable bonds is 6. The number of nitrogens with zero attached hydrogens (tertiary/aromatic N) is 2. The van der Waals surface area contributed by atoms with Crippen LogP contribution < -0.4 is 4.72 Å². The van der Waals surface area contributed by atoms with Crippen LogP contribution >= 0.6 is 0 Å². The Morgan fingerprint density at radius 1 is 1.04 bits per heavy atom. The van der Waals surface area contributed by atoms with E-state index in [1.54, 1.807) is 13.0 Å². The summed E-state index contributed by atoms with van der Waals surface area (Å²) >= 11 is 0. The Morgan fingerprint density at radius 3 is 2.28 bits per heavy atom. The summed E-state index contributed by atoms with van der Waals surface area (Å²) in [5, 5.41) is 8.01. The zero-order chi connectivity index (χ0) is 17.7. The number of nitrogens with one attached hydrogen (secondary N) is 2. The summed E-state index contributed by atoms with van der Waals surface area (Å²) in [7, 11) is -3.69. The first kappa shape index (κ1) is 17.1. The van der Waals surface area contributed by atoms with Crippen LogP contribution in [-0.2, 0) is 10.0 Å². The molecule has 1 unspecified atom stereocenters. The Balaban J connectivity index is 1.88. The third-order valence-corrected chi connectivity index (χ3v) is 4.59. The maximum absolute atomic E-state index is 12.5. The summed E-state index contributed by atoms with van der Waals surface area (Å²) < 4.78 is 27.7. The van der Waals surface area contributed by atoms with Gasteiger partial charge in [0.1, 0.15) is 11.9 Å². The number of aromatic amines is 1. The molecule has 0 amide bonds. The van der Waals surface area contributed by atoms with Crippen LogP contribution in [0.3, 0.4) is 0 Å². The average molecular weight is 354 g/mol. The van der Waals surface area contributed by atoms with Gasteiger partial charge in [0.25, 0.3) is 0 Å². The molecular formula is C18H18N4O2S. The Hall–Kier alpha value is -2.77. The highest BCUT2D eigenvalue weighted by Crippen LogP contribution is 2.20. The van der Waals surface area contributed by atoms with E-state index in [2.05, 4.69) is 19.9 Å². The Kier molecular flexibility index (Phi) is 5.06. The van der Waals surface area contributed by atoms with E-state index in [4.69, 9.17) is 0 Å². The minimum absolute atomic E-state index is 0.375. The number of hydrogen-bond acceptors (Lipinski definition) is 4. The van der Waals surface area contributed by atoms with Crippen molar-refractivity contribution in [1.82, 2.24) is 19.9 Å². The molecule has 0 radical (unpaired) electrons. The molecule has 6 nitrogen and oxygen atoms in total. The molecule has 25 heavy (non-hydrogen) atoms. The van der Waals surface area contributed by atoms with Gasteiger partial charge in [0.05, 0.1) is 0 Å². The van der Waals surface area contributed by atoms with Crippen LogP contribution in [0, 0.1) is 6.92 Å². The molecule has 0 bridgehead atoms. The fourth-order valence-electron chi connectivity index (χ4n) is 2.34. The van der Waals surface area contributed by atoms with E-state index in [1.807, 2.05) is 60.7 Å². The van der Waals surface area contributed by atoms with E-state index in [-0.39, 0.29) is 0 Å². The maximum Gasteiger partial charge on any atom is 0.234 e. The summed E-state index contributed by atoms with van der Waals surface area (Å²) in [5.74, 6) is 0.996. The third kappa shape index (κ3) is 4.62. The lowest BCUT2D eigenvalue weighted by Crippen LogP contribution is -2.28. The molecule has 0 saturated carbocycles. The highest BCUT2D eigenvalue weighted by Gasteiger charge is 2.23. The molecule has 0 spiro atoms. The topological polar surface area (TPSA) is 87.7 Å². The summed E-state index contributed by atoms with van der Waals surface area (Å²) in [6.07, 6.45) is 1.55. The second kappa shape index (κ2) is 7.42. The van der Waals surface area contributed by atoms with Gasteiger partial charge in [-0.05, 0) is 24.1 Å². The predicted octanol–water partition coefficient (Wildman–Crippen LogP) is 2.79. The molecule has 1 heterocycles. The number of benzene rings is 2. The van der Waals surface area contributed by atoms with Crippen molar-refractivity contribution in [3.63, 3.8) is 0 Å². The Morgan fingerprint density at radius 2 is 1.68 bits per heavy atom. The number of sulfonamides is 1. The predicted molar refractivity (Wildman–Crippen MR) is 96.9 cm³/mol. The molecule has 1 atom stereocenters. The van der Waals surface area contributed by atoms with E-state index < -0.39 is 16.1 Å². The molecule has 0 aliphatic heterocycles. The second-order valence-corrected chi connectivity index (χ2v) is 7.10. The van der Waals surface area contributed by atoms with Gasteiger partial charge in [-0.15, -0.1) is 0 Å². The van der Waals surface area contributed by atoms with Gasteiger partial charge in [0, 0.05) is 5.41 Å². The molecule has 2 aromatic carbocycles. The van der Waals surface area contributed by atoms with E-state index in [0.29, 0.717) is 11.6 Å². The fraction of sp³-hybridized carbons (Fsp3) is 0.111. The highest BCUT2D eigenvalue weighted by atomic mass is 32.2. The van der Waals surface area contributed by atoms with Gasteiger partial charge in [-0.3, -0.25) is 5.10 Å². The molecule has 128 valence electrons. The summed E-state index contributed by atoms with van der Waals surface area (Å²) in [6.45, 7) is 1.77. The molecule has 1 aromatic heterocycles. The van der Waals surface area contributed by atoms with Crippen LogP contribution in [0.4, 0.5) is 0 Å². The highest BCUT2D eigenvalue weighted by molar-refractivity contribution is 7.92. The minimum Gasteiger partial charge on any atom is -0.263 e. The van der Waals surface area contributed by atoms with Gasteiger partial charge in [-0.25, -0.2) is 13.4 Å². The van der Waals surface area contributed by atoms with Crippen molar-refractivity contribution in [3.8, 4) is 0 Å². The molecule has 2 N–H and O–H groups in total. The molecule has 3 rings (SSSR count). The quantitative estimate of drug-likeness (QED) is 0.712. The molecule has 0 saturated heterocycles. The summed E-state index contributed by atoms with van der Waals surface area (Å²) in [4.78, 5) is 4.27. The van der Waals surface area contributed by atoms with Crippen LogP contribution in [0.2, 0.25) is 0 Å². The minimum atomic E-state index is -3.69. The van der Waals surface area contributed by atoms with Crippen molar-refractivity contribution >= 4 is 16.1 Å². The zero-order valence-corrected chi connectivity index (χ0v) is 14.4. The molecule has 0 aliphatic carbocycles. The lowest BCUT2D eigenvalue weighted by molar-refractivity contribution is 0.576. The van der Waals surface area contributed by atoms with E-state index in [0.717, 1.165) is 16.5 Å². The lowest BCUT2D eigenvalue weighted by Gasteiger charge is -2.15. The number of aryl methyl sites for hydroxylation is 1. The summed E-state index contributed by atoms with van der Waals surface area (Å²) in [5.41, 5.74) is 1.57. The Labute approximate surface area is 146 Å². The first-order chi connectivity index (χ1) is 12.0. The molecule has 0 aliphatic rings. The van der Waals surface area contributed by atoms with Crippen LogP contribution in [-0.4, -0.2) is 23.6 Å². The number of aromatic nitrogens is 3. The lowest BCUT2D eigenvalue weighted by atomic mass is 10.1. The number of hydrogen-bond donors (Lipinski definition) is 2. The first-order valence-electron chi connectivity index (χ1n) is 7.73. The SMILES string of the molecule is Cc1nc(C(NS(=O)(=O)/C=C/c2ccccc2)c2ccccc2)n[nH]1. The van der Waals surface area contributed by atoms with Gasteiger partial charge in [0.2, 0.25) is 10.0 Å². The van der Waals surface area contributed by atoms with Gasteiger partial charge in [-0.1, -0.05) is 60.7 Å². The van der Waals surface area contributed by atoms with Crippen molar-refractivity contribution in [2.24, 2.45) is 0 Å². The van der Waals surface area contributed by atoms with Gasteiger partial charge >= 0.3 is 0 Å². The smallest absolute Gasteiger partial charge is 0.234 e. The van der Waals surface area contributed by atoms with Gasteiger partial charge in [0.15, 0.2) is 5.82 Å². The largest absolute Gasteiger partial charge is 0.263 e. The molecule has 7 heteroatoms. The van der Waals surface area contributed by atoms with E-state index in [9.17, 15) is 8.42 Å². The van der Waals surface area contributed by atoms with Crippen LogP contribution in [0.15, 0.2) is 66.1 Å². The monoisotopic (exact) mass is 354 g/mol. The van der Waals surface area contributed by atoms with E-state index in [1.165, 1.54) is 0 Å². The van der Waals surface area contributed by atoms with Crippen molar-refractivity contribution in [2.45, 2.75) is 13.0 Å². The van der Waals surface area contributed by atoms with Crippen molar-refractivity contribution in [3.05, 3.63) is 88.8 Å². The maximum atomic E-state index is 12.5. The van der Waals surface area contributed by atoms with Crippen molar-refractivity contribution in [2.75, 3.05) is 0 Å². The third-order valence-electron chi connectivity index (χ3n) is 3.53. The van der Waals surface area contributed by atoms with Crippen LogP contribution in [0.25, 0.3) is 6.08 Å². The molecular weight excluding hydrogens is 336 g/mol. The normalized spacial score (nSPS) is 13.2. The molecule has 0 fully saturated rings. The van der Waals surface area contributed by atoms with Gasteiger partial charge < -0.3 is 0 Å². The standard InChI is InChI=1S/C18H18N4O2S/c1-14-19-18(21-20-14)17(16-10-6-3-7-11-16)22-25(23,24)13-12-15-8-4-2-5-9-15/h2-13,17,22H,1H3,(H,19,20,21)/b13-12+. The first-order valence-corrected chi connectivity index (χ1v) is 9.27. The Bertz CT molecular complexity index is 951. The average Bonchev–Trinajstić information content (AvgIpc) is 3.06. The number of H-pyrrole nitrogens is 1. The zero-order valence-electron chi connectivity index (χ0n) is 13.6. The second-order valence-electron chi connectivity index (χ2n) is 5.50. The van der Waals surface area contributed by atoms with Crippen LogP contribution in [0.1, 0.15) is 28.8 Å². The molecule has 3 aromatic rings. The van der Waals surface area contributed by atoms with Crippen LogP contribution in [0.5, 0.6) is 0 Å².